The number of rotatable bonds is 5. The average Bonchev–Trinajstić information content (AvgIpc) is 2.49. The molecule has 1 saturated heterocycles. The SMILES string of the molecule is N[C@H](C(=O)N[C@H]1CC[C@@H](CC(=O)O)OB1O)c1ccccc1. The van der Waals surface area contributed by atoms with E-state index < -0.39 is 37.1 Å². The van der Waals surface area contributed by atoms with Crippen molar-refractivity contribution in [2.24, 2.45) is 5.73 Å². The molecule has 1 heterocycles. The maximum Gasteiger partial charge on any atom is 0.478 e. The average molecular weight is 306 g/mol. The third kappa shape index (κ3) is 4.30. The lowest BCUT2D eigenvalue weighted by Gasteiger charge is -2.31. The number of carboxylic acid groups (broad SMARTS) is 1. The summed E-state index contributed by atoms with van der Waals surface area (Å²) in [5, 5.41) is 21.3. The summed E-state index contributed by atoms with van der Waals surface area (Å²) >= 11 is 0. The third-order valence-electron chi connectivity index (χ3n) is 3.65. The van der Waals surface area contributed by atoms with Crippen molar-refractivity contribution >= 4 is 19.0 Å². The quantitative estimate of drug-likeness (QED) is 0.561. The minimum atomic E-state index is -1.23. The highest BCUT2D eigenvalue weighted by Gasteiger charge is 2.37. The Morgan fingerprint density at radius 3 is 2.64 bits per heavy atom. The summed E-state index contributed by atoms with van der Waals surface area (Å²) in [7, 11) is -1.23. The summed E-state index contributed by atoms with van der Waals surface area (Å²) in [6, 6.07) is 8.08. The van der Waals surface area contributed by atoms with Crippen LogP contribution in [0.15, 0.2) is 30.3 Å². The fraction of sp³-hybridized carbons (Fsp3) is 0.429. The molecule has 5 N–H and O–H groups in total. The smallest absolute Gasteiger partial charge is 0.478 e. The Bertz CT molecular complexity index is 527. The standard InChI is InChI=1S/C14H19BN2O5/c16-13(9-4-2-1-3-5-9)14(20)17-11-7-6-10(8-12(18)19)22-15(11)21/h1-5,10-11,13,21H,6-8,16H2,(H,17,20)(H,18,19)/t10-,11-,13-/m0/s1. The first-order valence-corrected chi connectivity index (χ1v) is 7.13. The van der Waals surface area contributed by atoms with E-state index in [1.165, 1.54) is 0 Å². The van der Waals surface area contributed by atoms with Gasteiger partial charge in [-0.05, 0) is 18.4 Å². The molecule has 1 aliphatic heterocycles. The second kappa shape index (κ2) is 7.39. The van der Waals surface area contributed by atoms with E-state index in [9.17, 15) is 14.6 Å². The van der Waals surface area contributed by atoms with Gasteiger partial charge >= 0.3 is 13.1 Å². The second-order valence-electron chi connectivity index (χ2n) is 5.33. The van der Waals surface area contributed by atoms with Gasteiger partial charge in [0, 0.05) is 0 Å². The molecule has 0 radical (unpaired) electrons. The highest BCUT2D eigenvalue weighted by molar-refractivity contribution is 6.45. The van der Waals surface area contributed by atoms with Gasteiger partial charge in [-0.15, -0.1) is 0 Å². The Kier molecular flexibility index (Phi) is 5.54. The molecule has 2 rings (SSSR count). The third-order valence-corrected chi connectivity index (χ3v) is 3.65. The van der Waals surface area contributed by atoms with Gasteiger partial charge in [0.25, 0.3) is 0 Å². The molecule has 0 aliphatic carbocycles. The molecule has 1 aromatic rings. The van der Waals surface area contributed by atoms with Gasteiger partial charge < -0.3 is 25.8 Å². The van der Waals surface area contributed by atoms with E-state index in [1.54, 1.807) is 24.3 Å². The summed E-state index contributed by atoms with van der Waals surface area (Å²) in [5.74, 6) is -1.98. The zero-order chi connectivity index (χ0) is 16.1. The number of hydrogen-bond donors (Lipinski definition) is 4. The Morgan fingerprint density at radius 1 is 1.36 bits per heavy atom. The van der Waals surface area contributed by atoms with Crippen molar-refractivity contribution in [3.8, 4) is 0 Å². The van der Waals surface area contributed by atoms with E-state index in [-0.39, 0.29) is 6.42 Å². The van der Waals surface area contributed by atoms with Crippen molar-refractivity contribution in [3.63, 3.8) is 0 Å². The predicted octanol–water partition coefficient (Wildman–Crippen LogP) is -0.155. The lowest BCUT2D eigenvalue weighted by molar-refractivity contribution is -0.139. The molecule has 0 bridgehead atoms. The van der Waals surface area contributed by atoms with Gasteiger partial charge in [0.05, 0.1) is 18.5 Å². The maximum atomic E-state index is 12.1. The monoisotopic (exact) mass is 306 g/mol. The van der Waals surface area contributed by atoms with E-state index in [4.69, 9.17) is 15.5 Å². The maximum absolute atomic E-state index is 12.1. The highest BCUT2D eigenvalue weighted by atomic mass is 16.5. The molecular formula is C14H19BN2O5. The number of benzene rings is 1. The van der Waals surface area contributed by atoms with Crippen LogP contribution in [0.3, 0.4) is 0 Å². The highest BCUT2D eigenvalue weighted by Crippen LogP contribution is 2.19. The number of carboxylic acids is 1. The van der Waals surface area contributed by atoms with Gasteiger partial charge in [0.1, 0.15) is 6.04 Å². The van der Waals surface area contributed by atoms with Crippen molar-refractivity contribution in [1.82, 2.24) is 5.32 Å². The summed E-state index contributed by atoms with van der Waals surface area (Å²) in [6.07, 6.45) is 0.186. The van der Waals surface area contributed by atoms with Crippen molar-refractivity contribution in [3.05, 3.63) is 35.9 Å². The van der Waals surface area contributed by atoms with Crippen molar-refractivity contribution in [2.45, 2.75) is 37.3 Å². The van der Waals surface area contributed by atoms with Gasteiger partial charge in [-0.3, -0.25) is 9.59 Å². The van der Waals surface area contributed by atoms with Gasteiger partial charge in [0.15, 0.2) is 0 Å². The van der Waals surface area contributed by atoms with Gasteiger partial charge in [-0.2, -0.15) is 0 Å². The van der Waals surface area contributed by atoms with Crippen LogP contribution in [0, 0.1) is 0 Å². The minimum absolute atomic E-state index is 0.165. The number of amides is 1. The zero-order valence-electron chi connectivity index (χ0n) is 12.0. The summed E-state index contributed by atoms with van der Waals surface area (Å²) < 4.78 is 5.22. The molecule has 0 unspecified atom stereocenters. The molecule has 1 fully saturated rings. The van der Waals surface area contributed by atoms with Gasteiger partial charge in [-0.25, -0.2) is 0 Å². The molecular weight excluding hydrogens is 287 g/mol. The molecule has 22 heavy (non-hydrogen) atoms. The predicted molar refractivity (Wildman–Crippen MR) is 79.6 cm³/mol. The fourth-order valence-corrected chi connectivity index (χ4v) is 2.44. The van der Waals surface area contributed by atoms with E-state index in [1.807, 2.05) is 6.07 Å². The number of aliphatic carboxylic acids is 1. The van der Waals surface area contributed by atoms with Crippen LogP contribution in [0.25, 0.3) is 0 Å². The van der Waals surface area contributed by atoms with Crippen LogP contribution in [0.2, 0.25) is 0 Å². The molecule has 1 amide bonds. The van der Waals surface area contributed by atoms with Crippen molar-refractivity contribution in [1.29, 1.82) is 0 Å². The van der Waals surface area contributed by atoms with Crippen LogP contribution in [0.4, 0.5) is 0 Å². The summed E-state index contributed by atoms with van der Waals surface area (Å²) in [6.45, 7) is 0. The lowest BCUT2D eigenvalue weighted by atomic mass is 9.72. The van der Waals surface area contributed by atoms with E-state index in [0.29, 0.717) is 18.4 Å². The summed E-state index contributed by atoms with van der Waals surface area (Å²) in [5.41, 5.74) is 6.56. The Labute approximate surface area is 128 Å². The van der Waals surface area contributed by atoms with Crippen molar-refractivity contribution in [2.75, 3.05) is 0 Å². The van der Waals surface area contributed by atoms with Crippen LogP contribution in [-0.4, -0.2) is 41.2 Å². The van der Waals surface area contributed by atoms with Crippen LogP contribution in [0.5, 0.6) is 0 Å². The number of nitrogens with two attached hydrogens (primary N) is 1. The first-order valence-electron chi connectivity index (χ1n) is 7.13. The molecule has 0 spiro atoms. The first-order chi connectivity index (χ1) is 10.5. The van der Waals surface area contributed by atoms with Gasteiger partial charge in [-0.1, -0.05) is 30.3 Å². The first kappa shape index (κ1) is 16.5. The van der Waals surface area contributed by atoms with Crippen LogP contribution >= 0.6 is 0 Å². The number of carbonyl (C=O) groups is 2. The van der Waals surface area contributed by atoms with Crippen molar-refractivity contribution < 1.29 is 24.4 Å². The Morgan fingerprint density at radius 2 is 2.05 bits per heavy atom. The van der Waals surface area contributed by atoms with Crippen LogP contribution in [-0.2, 0) is 14.2 Å². The largest absolute Gasteiger partial charge is 0.481 e. The van der Waals surface area contributed by atoms with Crippen LogP contribution < -0.4 is 11.1 Å². The number of carbonyl (C=O) groups excluding carboxylic acids is 1. The molecule has 118 valence electrons. The lowest BCUT2D eigenvalue weighted by Crippen LogP contribution is -2.54. The number of hydrogen-bond acceptors (Lipinski definition) is 5. The number of nitrogens with one attached hydrogen (secondary N) is 1. The van der Waals surface area contributed by atoms with E-state index in [0.717, 1.165) is 0 Å². The molecule has 1 aromatic carbocycles. The minimum Gasteiger partial charge on any atom is -0.481 e. The molecule has 1 aliphatic rings. The van der Waals surface area contributed by atoms with E-state index in [2.05, 4.69) is 5.32 Å². The van der Waals surface area contributed by atoms with Gasteiger partial charge in [0.2, 0.25) is 5.91 Å². The Hall–Kier alpha value is -1.90. The van der Waals surface area contributed by atoms with E-state index >= 15 is 0 Å². The Balaban J connectivity index is 1.88. The molecule has 0 aromatic heterocycles. The normalized spacial score (nSPS) is 22.9. The molecule has 0 saturated carbocycles. The zero-order valence-corrected chi connectivity index (χ0v) is 12.0. The molecule has 3 atom stereocenters. The second-order valence-corrected chi connectivity index (χ2v) is 5.33. The molecule has 8 heteroatoms. The topological polar surface area (TPSA) is 122 Å². The fourth-order valence-electron chi connectivity index (χ4n) is 2.44. The summed E-state index contributed by atoms with van der Waals surface area (Å²) in [4.78, 5) is 22.8. The van der Waals surface area contributed by atoms with Crippen LogP contribution in [0.1, 0.15) is 30.9 Å². The molecule has 7 nitrogen and oxygen atoms in total.